The van der Waals surface area contributed by atoms with Crippen molar-refractivity contribution in [3.8, 4) is 0 Å². The highest BCUT2D eigenvalue weighted by atomic mass is 19.4. The molecule has 8 nitrogen and oxygen atoms in total. The third-order valence-corrected chi connectivity index (χ3v) is 6.06. The van der Waals surface area contributed by atoms with E-state index < -0.39 is 17.8 Å². The lowest BCUT2D eigenvalue weighted by Crippen LogP contribution is -2.44. The third kappa shape index (κ3) is 6.10. The molecule has 2 amide bonds. The van der Waals surface area contributed by atoms with Gasteiger partial charge in [-0.05, 0) is 57.4 Å². The topological polar surface area (TPSA) is 113 Å². The molecule has 1 aliphatic carbocycles. The molecule has 2 aliphatic rings. The number of nitrogens with one attached hydrogen (secondary N) is 2. The van der Waals surface area contributed by atoms with Crippen LogP contribution in [0, 0.1) is 0 Å². The summed E-state index contributed by atoms with van der Waals surface area (Å²) in [6.07, 6.45) is 1.47. The van der Waals surface area contributed by atoms with E-state index in [2.05, 4.69) is 26.3 Å². The molecule has 0 radical (unpaired) electrons. The van der Waals surface area contributed by atoms with Crippen LogP contribution in [0.3, 0.4) is 0 Å². The highest BCUT2D eigenvalue weighted by molar-refractivity contribution is 5.93. The maximum absolute atomic E-state index is 13.1. The monoisotopic (exact) mass is 466 g/mol. The normalized spacial score (nSPS) is 23.2. The van der Waals surface area contributed by atoms with Crippen LogP contribution in [0.15, 0.2) is 24.5 Å². The molecular weight excluding hydrogens is 437 g/mol. The molecule has 1 aromatic heterocycles. The molecule has 1 saturated heterocycles. The van der Waals surface area contributed by atoms with Gasteiger partial charge in [0.1, 0.15) is 18.2 Å². The standard InChI is InChI=1S/C20H24F3N5O.C2H5NO/c1-24-13-3-5-14(6-4-13)28-9-8-17(19(28)29)27-18-15-10-12(20(21,22)23)2-7-16(15)25-11-26-18;1-2(3)4/h2,7,10-11,13-14,17,24H,3-6,8-9H2,1H3,(H,25,26,27);1H3,(H2,3,4)/t13?,14?,17-;/m0./s1. The van der Waals surface area contributed by atoms with E-state index in [0.717, 1.165) is 37.8 Å². The van der Waals surface area contributed by atoms with Gasteiger partial charge in [-0.1, -0.05) is 0 Å². The number of nitrogens with zero attached hydrogens (tertiary/aromatic N) is 3. The summed E-state index contributed by atoms with van der Waals surface area (Å²) >= 11 is 0. The smallest absolute Gasteiger partial charge is 0.370 e. The first kappa shape index (κ1) is 24.7. The molecule has 1 aromatic carbocycles. The molecule has 1 atom stereocenters. The lowest BCUT2D eigenvalue weighted by Gasteiger charge is -2.34. The van der Waals surface area contributed by atoms with Gasteiger partial charge in [0.15, 0.2) is 0 Å². The Balaban J connectivity index is 0.000000709. The zero-order valence-corrected chi connectivity index (χ0v) is 18.7. The van der Waals surface area contributed by atoms with Gasteiger partial charge in [-0.15, -0.1) is 0 Å². The minimum absolute atomic E-state index is 0.00311. The minimum Gasteiger partial charge on any atom is -0.370 e. The largest absolute Gasteiger partial charge is 0.416 e. The fraction of sp³-hybridized carbons (Fsp3) is 0.545. The number of likely N-dealkylation sites (tertiary alicyclic amines) is 1. The number of anilines is 1. The summed E-state index contributed by atoms with van der Waals surface area (Å²) in [5, 5.41) is 6.64. The number of alkyl halides is 3. The Kier molecular flexibility index (Phi) is 7.72. The van der Waals surface area contributed by atoms with E-state index in [1.54, 1.807) is 0 Å². The van der Waals surface area contributed by atoms with Crippen LogP contribution in [0.1, 0.15) is 44.6 Å². The number of rotatable bonds is 4. The number of hydrogen-bond acceptors (Lipinski definition) is 6. The molecular formula is C22H29F3N6O2. The predicted octanol–water partition coefficient (Wildman–Crippen LogP) is 2.68. The van der Waals surface area contributed by atoms with Gasteiger partial charge in [-0.25, -0.2) is 9.97 Å². The number of aromatic nitrogens is 2. The highest BCUT2D eigenvalue weighted by Gasteiger charge is 2.38. The Labute approximate surface area is 190 Å². The maximum Gasteiger partial charge on any atom is 0.416 e. The lowest BCUT2D eigenvalue weighted by molar-refractivity contribution is -0.137. The van der Waals surface area contributed by atoms with E-state index in [9.17, 15) is 22.8 Å². The van der Waals surface area contributed by atoms with Gasteiger partial charge in [-0.2, -0.15) is 13.2 Å². The molecule has 11 heteroatoms. The van der Waals surface area contributed by atoms with Gasteiger partial charge in [-0.3, -0.25) is 9.59 Å². The average Bonchev–Trinajstić information content (AvgIpc) is 3.13. The van der Waals surface area contributed by atoms with Crippen LogP contribution in [-0.4, -0.2) is 58.4 Å². The first-order chi connectivity index (χ1) is 15.6. The van der Waals surface area contributed by atoms with Crippen LogP contribution in [-0.2, 0) is 15.8 Å². The summed E-state index contributed by atoms with van der Waals surface area (Å²) in [5.74, 6) is -0.0724. The second kappa shape index (κ2) is 10.3. The van der Waals surface area contributed by atoms with Crippen molar-refractivity contribution in [2.24, 2.45) is 5.73 Å². The number of halogens is 3. The van der Waals surface area contributed by atoms with E-state index in [1.165, 1.54) is 19.3 Å². The molecule has 0 spiro atoms. The van der Waals surface area contributed by atoms with E-state index in [1.807, 2.05) is 11.9 Å². The SMILES string of the molecule is CC(N)=O.CNC1CCC(N2CC[C@H](Nc3ncnc4ccc(C(F)(F)F)cc34)C2=O)CC1. The molecule has 33 heavy (non-hydrogen) atoms. The molecule has 2 aromatic rings. The minimum atomic E-state index is -4.45. The van der Waals surface area contributed by atoms with Gasteiger partial charge in [0.2, 0.25) is 11.8 Å². The van der Waals surface area contributed by atoms with Crippen molar-refractivity contribution >= 4 is 28.5 Å². The van der Waals surface area contributed by atoms with Crippen LogP contribution in [0.5, 0.6) is 0 Å². The Morgan fingerprint density at radius 1 is 1.15 bits per heavy atom. The summed E-state index contributed by atoms with van der Waals surface area (Å²) in [6.45, 7) is 1.96. The Hall–Kier alpha value is -2.95. The first-order valence-electron chi connectivity index (χ1n) is 10.9. The van der Waals surface area contributed by atoms with E-state index >= 15 is 0 Å². The van der Waals surface area contributed by atoms with E-state index in [4.69, 9.17) is 0 Å². The number of amides is 2. The van der Waals surface area contributed by atoms with Crippen molar-refractivity contribution in [1.82, 2.24) is 20.2 Å². The lowest BCUT2D eigenvalue weighted by atomic mass is 9.90. The number of benzene rings is 1. The predicted molar refractivity (Wildman–Crippen MR) is 118 cm³/mol. The van der Waals surface area contributed by atoms with E-state index in [-0.39, 0.29) is 29.1 Å². The maximum atomic E-state index is 13.1. The third-order valence-electron chi connectivity index (χ3n) is 6.06. The van der Waals surface area contributed by atoms with Crippen molar-refractivity contribution in [3.63, 3.8) is 0 Å². The van der Waals surface area contributed by atoms with Crippen LogP contribution in [0.4, 0.5) is 19.0 Å². The summed E-state index contributed by atoms with van der Waals surface area (Å²) in [6, 6.07) is 3.63. The Morgan fingerprint density at radius 2 is 1.82 bits per heavy atom. The number of nitrogens with two attached hydrogens (primary N) is 1. The number of fused-ring (bicyclic) bond motifs is 1. The van der Waals surface area contributed by atoms with Crippen molar-refractivity contribution in [2.75, 3.05) is 18.9 Å². The second-order valence-electron chi connectivity index (χ2n) is 8.37. The Bertz CT molecular complexity index is 988. The quantitative estimate of drug-likeness (QED) is 0.639. The van der Waals surface area contributed by atoms with Crippen LogP contribution in [0.2, 0.25) is 0 Å². The second-order valence-corrected chi connectivity index (χ2v) is 8.37. The fourth-order valence-electron chi connectivity index (χ4n) is 4.39. The van der Waals surface area contributed by atoms with Gasteiger partial charge in [0, 0.05) is 30.9 Å². The number of carbonyl (C=O) groups is 2. The molecule has 1 aliphatic heterocycles. The zero-order chi connectivity index (χ0) is 24.2. The van der Waals surface area contributed by atoms with E-state index in [0.29, 0.717) is 24.5 Å². The molecule has 0 unspecified atom stereocenters. The van der Waals surface area contributed by atoms with Gasteiger partial charge in [0.05, 0.1) is 11.1 Å². The van der Waals surface area contributed by atoms with Gasteiger partial charge >= 0.3 is 6.18 Å². The summed E-state index contributed by atoms with van der Waals surface area (Å²) in [7, 11) is 1.96. The molecule has 2 fully saturated rings. The first-order valence-corrected chi connectivity index (χ1v) is 10.9. The summed E-state index contributed by atoms with van der Waals surface area (Å²) in [4.78, 5) is 32.3. The van der Waals surface area contributed by atoms with Crippen molar-refractivity contribution < 1.29 is 22.8 Å². The van der Waals surface area contributed by atoms with Crippen LogP contribution >= 0.6 is 0 Å². The average molecular weight is 467 g/mol. The molecule has 1 saturated carbocycles. The molecule has 180 valence electrons. The van der Waals surface area contributed by atoms with Gasteiger partial charge < -0.3 is 21.3 Å². The summed E-state index contributed by atoms with van der Waals surface area (Å²) in [5.41, 5.74) is 4.12. The summed E-state index contributed by atoms with van der Waals surface area (Å²) < 4.78 is 39.3. The highest BCUT2D eigenvalue weighted by Crippen LogP contribution is 2.33. The van der Waals surface area contributed by atoms with Gasteiger partial charge in [0.25, 0.3) is 0 Å². The van der Waals surface area contributed by atoms with Crippen LogP contribution < -0.4 is 16.4 Å². The Morgan fingerprint density at radius 3 is 2.42 bits per heavy atom. The van der Waals surface area contributed by atoms with Crippen molar-refractivity contribution in [2.45, 2.75) is 63.3 Å². The number of hydrogen-bond donors (Lipinski definition) is 3. The van der Waals surface area contributed by atoms with Crippen LogP contribution in [0.25, 0.3) is 10.9 Å². The number of primary amides is 1. The molecule has 4 rings (SSSR count). The molecule has 0 bridgehead atoms. The molecule has 4 N–H and O–H groups in total. The van der Waals surface area contributed by atoms with Crippen molar-refractivity contribution in [1.29, 1.82) is 0 Å². The molecule has 2 heterocycles. The fourth-order valence-corrected chi connectivity index (χ4v) is 4.39. The zero-order valence-electron chi connectivity index (χ0n) is 18.7. The number of carbonyl (C=O) groups excluding carboxylic acids is 2. The van der Waals surface area contributed by atoms with Crippen molar-refractivity contribution in [3.05, 3.63) is 30.1 Å².